The van der Waals surface area contributed by atoms with Crippen molar-refractivity contribution in [3.8, 4) is 0 Å². The zero-order valence-corrected chi connectivity index (χ0v) is 12.5. The van der Waals surface area contributed by atoms with Crippen LogP contribution in [0.2, 0.25) is 0 Å². The van der Waals surface area contributed by atoms with Crippen molar-refractivity contribution < 1.29 is 9.59 Å². The van der Waals surface area contributed by atoms with E-state index < -0.39 is 0 Å². The highest BCUT2D eigenvalue weighted by atomic mass is 16.1. The Morgan fingerprint density at radius 2 is 0.900 bits per heavy atom. The lowest BCUT2D eigenvalue weighted by Crippen LogP contribution is -2.22. The first-order valence-electron chi connectivity index (χ1n) is 7.67. The molecule has 0 saturated heterocycles. The molecule has 0 heterocycles. The number of carbonyl (C=O) groups excluding carboxylic acids is 2. The van der Waals surface area contributed by atoms with Gasteiger partial charge in [-0.25, -0.2) is 0 Å². The number of hydrogen-bond acceptors (Lipinski definition) is 4. The second kappa shape index (κ2) is 17.9. The third kappa shape index (κ3) is 16.9. The van der Waals surface area contributed by atoms with Gasteiger partial charge in [-0.05, 0) is 51.9 Å². The first-order valence-corrected chi connectivity index (χ1v) is 7.67. The predicted molar refractivity (Wildman–Crippen MR) is 81.6 cm³/mol. The molecule has 0 bridgehead atoms. The van der Waals surface area contributed by atoms with E-state index in [9.17, 15) is 9.59 Å². The van der Waals surface area contributed by atoms with Crippen LogP contribution in [0.25, 0.3) is 0 Å². The molecule has 0 radical (unpaired) electrons. The summed E-state index contributed by atoms with van der Waals surface area (Å²) in [5.74, 6) is 0. The minimum absolute atomic E-state index is 0.743. The van der Waals surface area contributed by atoms with E-state index in [0.717, 1.165) is 64.9 Å². The van der Waals surface area contributed by atoms with Crippen LogP contribution in [-0.4, -0.2) is 52.1 Å². The van der Waals surface area contributed by atoms with Gasteiger partial charge in [0.15, 0.2) is 0 Å². The molecule has 118 valence electrons. The van der Waals surface area contributed by atoms with Crippen LogP contribution in [0.3, 0.4) is 0 Å². The molecule has 20 heavy (non-hydrogen) atoms. The first-order chi connectivity index (χ1) is 9.91. The smallest absolute Gasteiger partial charge is 0.207 e. The molecule has 6 heteroatoms. The van der Waals surface area contributed by atoms with Crippen molar-refractivity contribution in [1.29, 1.82) is 0 Å². The average molecular weight is 286 g/mol. The Morgan fingerprint density at radius 3 is 1.30 bits per heavy atom. The Labute approximate surface area is 122 Å². The Morgan fingerprint density at radius 1 is 0.500 bits per heavy atom. The molecule has 0 saturated carbocycles. The monoisotopic (exact) mass is 286 g/mol. The number of hydrogen-bond donors (Lipinski definition) is 4. The molecular weight excluding hydrogens is 256 g/mol. The molecule has 0 unspecified atom stereocenters. The maximum Gasteiger partial charge on any atom is 0.207 e. The van der Waals surface area contributed by atoms with Gasteiger partial charge in [-0.15, -0.1) is 0 Å². The van der Waals surface area contributed by atoms with E-state index >= 15 is 0 Å². The summed E-state index contributed by atoms with van der Waals surface area (Å²) >= 11 is 0. The maximum absolute atomic E-state index is 10.00. The van der Waals surface area contributed by atoms with Gasteiger partial charge >= 0.3 is 0 Å². The fourth-order valence-corrected chi connectivity index (χ4v) is 1.85. The summed E-state index contributed by atoms with van der Waals surface area (Å²) in [5, 5.41) is 12.0. The summed E-state index contributed by atoms with van der Waals surface area (Å²) in [6, 6.07) is 0. The van der Waals surface area contributed by atoms with Crippen LogP contribution in [0.1, 0.15) is 38.5 Å². The van der Waals surface area contributed by atoms with Gasteiger partial charge in [0.05, 0.1) is 0 Å². The quantitative estimate of drug-likeness (QED) is 0.224. The van der Waals surface area contributed by atoms with Crippen molar-refractivity contribution in [2.24, 2.45) is 0 Å². The van der Waals surface area contributed by atoms with E-state index in [-0.39, 0.29) is 0 Å². The summed E-state index contributed by atoms with van der Waals surface area (Å²) in [7, 11) is 0. The highest BCUT2D eigenvalue weighted by Gasteiger charge is 1.92. The fourth-order valence-electron chi connectivity index (χ4n) is 1.85. The molecule has 0 aromatic carbocycles. The average Bonchev–Trinajstić information content (AvgIpc) is 2.47. The molecule has 0 spiro atoms. The van der Waals surface area contributed by atoms with Crippen LogP contribution in [-0.2, 0) is 9.59 Å². The lowest BCUT2D eigenvalue weighted by Gasteiger charge is -2.06. The Bertz CT molecular complexity index is 193. The van der Waals surface area contributed by atoms with E-state index in [1.54, 1.807) is 0 Å². The van der Waals surface area contributed by atoms with Gasteiger partial charge in [-0.2, -0.15) is 0 Å². The fraction of sp³-hybridized carbons (Fsp3) is 0.857. The lowest BCUT2D eigenvalue weighted by molar-refractivity contribution is -0.110. The molecule has 0 fully saturated rings. The highest BCUT2D eigenvalue weighted by Crippen LogP contribution is 1.97. The molecule has 0 aliphatic rings. The molecule has 0 atom stereocenters. The third-order valence-corrected chi connectivity index (χ3v) is 2.97. The standard InChI is InChI=1S/C14H30N4O2/c19-13-17-11-5-9-15-7-3-1-2-4-8-16-10-6-12-18-14-20/h13-16H,1-12H2,(H,17,19)(H,18,20). The molecule has 4 N–H and O–H groups in total. The number of carbonyl (C=O) groups is 2. The third-order valence-electron chi connectivity index (χ3n) is 2.97. The zero-order chi connectivity index (χ0) is 14.7. The second-order valence-corrected chi connectivity index (χ2v) is 4.77. The van der Waals surface area contributed by atoms with Crippen LogP contribution >= 0.6 is 0 Å². The molecule has 0 aromatic rings. The largest absolute Gasteiger partial charge is 0.359 e. The molecule has 2 amide bonds. The number of nitrogens with one attached hydrogen (secondary N) is 4. The normalized spacial score (nSPS) is 10.2. The number of rotatable bonds is 17. The van der Waals surface area contributed by atoms with Gasteiger partial charge in [0.1, 0.15) is 0 Å². The van der Waals surface area contributed by atoms with Gasteiger partial charge in [0.2, 0.25) is 12.8 Å². The Hall–Kier alpha value is -1.14. The molecule has 0 aliphatic carbocycles. The van der Waals surface area contributed by atoms with Gasteiger partial charge in [-0.1, -0.05) is 12.8 Å². The molecular formula is C14H30N4O2. The summed E-state index contributed by atoms with van der Waals surface area (Å²) in [4.78, 5) is 20.0. The van der Waals surface area contributed by atoms with Crippen LogP contribution in [0, 0.1) is 0 Å². The zero-order valence-electron chi connectivity index (χ0n) is 12.5. The minimum Gasteiger partial charge on any atom is -0.359 e. The number of unbranched alkanes of at least 4 members (excludes halogenated alkanes) is 3. The summed E-state index contributed by atoms with van der Waals surface area (Å²) in [5.41, 5.74) is 0. The van der Waals surface area contributed by atoms with Crippen molar-refractivity contribution in [3.05, 3.63) is 0 Å². The van der Waals surface area contributed by atoms with E-state index in [1.165, 1.54) is 25.7 Å². The highest BCUT2D eigenvalue weighted by molar-refractivity contribution is 5.45. The Balaban J connectivity index is 2.92. The van der Waals surface area contributed by atoms with Gasteiger partial charge < -0.3 is 21.3 Å². The summed E-state index contributed by atoms with van der Waals surface area (Å²) in [6.07, 6.45) is 8.40. The van der Waals surface area contributed by atoms with Gasteiger partial charge in [-0.3, -0.25) is 9.59 Å². The second-order valence-electron chi connectivity index (χ2n) is 4.77. The molecule has 0 aliphatic heterocycles. The van der Waals surface area contributed by atoms with Gasteiger partial charge in [0.25, 0.3) is 0 Å². The topological polar surface area (TPSA) is 82.3 Å². The van der Waals surface area contributed by atoms with Crippen LogP contribution in [0.5, 0.6) is 0 Å². The van der Waals surface area contributed by atoms with Gasteiger partial charge in [0, 0.05) is 13.1 Å². The molecule has 6 nitrogen and oxygen atoms in total. The van der Waals surface area contributed by atoms with Crippen LogP contribution in [0.4, 0.5) is 0 Å². The SMILES string of the molecule is O=CNCCCNCCCCCCNCCCNC=O. The molecule has 0 rings (SSSR count). The maximum atomic E-state index is 10.00. The minimum atomic E-state index is 0.743. The van der Waals surface area contributed by atoms with E-state index in [0.29, 0.717) is 0 Å². The van der Waals surface area contributed by atoms with E-state index in [4.69, 9.17) is 0 Å². The van der Waals surface area contributed by atoms with Crippen molar-refractivity contribution in [1.82, 2.24) is 21.3 Å². The van der Waals surface area contributed by atoms with Crippen molar-refractivity contribution in [2.45, 2.75) is 38.5 Å². The van der Waals surface area contributed by atoms with E-state index in [2.05, 4.69) is 21.3 Å². The molecule has 0 aromatic heterocycles. The Kier molecular flexibility index (Phi) is 16.8. The van der Waals surface area contributed by atoms with Crippen LogP contribution < -0.4 is 21.3 Å². The van der Waals surface area contributed by atoms with Crippen molar-refractivity contribution in [2.75, 3.05) is 39.3 Å². The first kappa shape index (κ1) is 18.9. The predicted octanol–water partition coefficient (Wildman–Crippen LogP) is -0.00180. The van der Waals surface area contributed by atoms with Crippen LogP contribution in [0.15, 0.2) is 0 Å². The number of amides is 2. The summed E-state index contributed by atoms with van der Waals surface area (Å²) in [6.45, 7) is 5.57. The van der Waals surface area contributed by atoms with Crippen molar-refractivity contribution >= 4 is 12.8 Å². The lowest BCUT2D eigenvalue weighted by atomic mass is 10.2. The van der Waals surface area contributed by atoms with E-state index in [1.807, 2.05) is 0 Å². The van der Waals surface area contributed by atoms with Crippen molar-refractivity contribution in [3.63, 3.8) is 0 Å². The summed E-state index contributed by atoms with van der Waals surface area (Å²) < 4.78 is 0.